The summed E-state index contributed by atoms with van der Waals surface area (Å²) in [4.78, 5) is 0. The van der Waals surface area contributed by atoms with E-state index in [1.165, 1.54) is 0 Å². The van der Waals surface area contributed by atoms with Gasteiger partial charge in [-0.2, -0.15) is 8.42 Å². The second-order valence-electron chi connectivity index (χ2n) is 0.378. The van der Waals surface area contributed by atoms with Crippen molar-refractivity contribution in [3.05, 3.63) is 0 Å². The second-order valence-corrected chi connectivity index (χ2v) is 1.14. The highest BCUT2D eigenvalue weighted by atomic mass is 32.3. The van der Waals surface area contributed by atoms with E-state index in [9.17, 15) is 7.77 Å². The van der Waals surface area contributed by atoms with E-state index in [1.807, 2.05) is 0 Å². The minimum absolute atomic E-state index is 4.00. The van der Waals surface area contributed by atoms with Crippen LogP contribution in [-0.4, -0.2) is 8.42 Å². The predicted molar refractivity (Wildman–Crippen MR) is 19.5 cm³/mol. The largest absolute Gasteiger partial charge is 0.476 e. The average molecular weight is 134 g/mol. The Kier molecular flexibility index (Phi) is 5.51. The van der Waals surface area contributed by atoms with Crippen LogP contribution in [0.3, 0.4) is 0 Å². The quantitative estimate of drug-likeness (QED) is 0.252. The summed E-state index contributed by atoms with van der Waals surface area (Å²) in [6.45, 7) is 0. The normalized spacial score (nSPS) is 9.14. The summed E-state index contributed by atoms with van der Waals surface area (Å²) in [6.07, 6.45) is 0. The fraction of sp³-hybridized carbons (Fsp3) is 0. The Labute approximate surface area is 39.6 Å². The van der Waals surface area contributed by atoms with E-state index < -0.39 is 10.6 Å². The lowest BCUT2D eigenvalue weighted by Crippen LogP contribution is -2.02. The highest BCUT2D eigenvalue weighted by molar-refractivity contribution is 7.81. The maximum Gasteiger partial charge on any atom is 0.476 e. The summed E-state index contributed by atoms with van der Waals surface area (Å²) in [5.41, 5.74) is 0. The van der Waals surface area contributed by atoms with Crippen LogP contribution in [0.25, 0.3) is 0 Å². The lowest BCUT2D eigenvalue weighted by atomic mass is 13.0. The zero-order chi connectivity index (χ0) is 6.50. The van der Waals surface area contributed by atoms with Crippen molar-refractivity contribution in [1.29, 1.82) is 0 Å². The Hall–Kier alpha value is -0.270. The van der Waals surface area contributed by atoms with Gasteiger partial charge in [0.05, 0.1) is 0 Å². The summed E-state index contributed by atoms with van der Waals surface area (Å²) in [7, 11) is -5.67. The van der Waals surface area contributed by atoms with Crippen molar-refractivity contribution in [2.75, 3.05) is 0 Å². The van der Waals surface area contributed by atoms with Gasteiger partial charge in [0, 0.05) is 0 Å². The highest BCUT2D eigenvalue weighted by Gasteiger charge is 1.94. The lowest BCUT2D eigenvalue weighted by Gasteiger charge is -1.57. The molecule has 0 saturated carbocycles. The van der Waals surface area contributed by atoms with E-state index in [0.29, 0.717) is 0 Å². The molecule has 0 aromatic heterocycles. The molecule has 4 nitrogen and oxygen atoms in total. The molecule has 0 aromatic rings. The molecule has 0 amide bonds. The standard InChI is InChI=1S/F2O2S.H4N2/c1-5(2,3)4;1-2/h;1-2H2. The molecule has 0 unspecified atom stereocenters. The second kappa shape index (κ2) is 3.90. The van der Waals surface area contributed by atoms with Crippen LogP contribution in [-0.2, 0) is 10.6 Å². The molecular weight excluding hydrogens is 130 g/mol. The van der Waals surface area contributed by atoms with Gasteiger partial charge in [-0.1, -0.05) is 7.77 Å². The van der Waals surface area contributed by atoms with Crippen LogP contribution >= 0.6 is 0 Å². The summed E-state index contributed by atoms with van der Waals surface area (Å²) in [6, 6.07) is 0. The zero-order valence-electron chi connectivity index (χ0n) is 3.14. The highest BCUT2D eigenvalue weighted by Crippen LogP contribution is 1.85. The van der Waals surface area contributed by atoms with Gasteiger partial charge in [-0.05, 0) is 0 Å². The molecule has 0 aromatic carbocycles. The number of hydrogen-bond acceptors (Lipinski definition) is 4. The summed E-state index contributed by atoms with van der Waals surface area (Å²) < 4.78 is 36.6. The molecule has 0 aliphatic rings. The number of halogens is 2. The van der Waals surface area contributed by atoms with E-state index in [-0.39, 0.29) is 0 Å². The van der Waals surface area contributed by atoms with E-state index in [2.05, 4.69) is 11.7 Å². The molecule has 46 valence electrons. The molecule has 0 saturated heterocycles. The average Bonchev–Trinajstić information content (AvgIpc) is 1.36. The van der Waals surface area contributed by atoms with Crippen molar-refractivity contribution in [3.8, 4) is 0 Å². The molecule has 7 heavy (non-hydrogen) atoms. The summed E-state index contributed by atoms with van der Waals surface area (Å²) in [5.74, 6) is 8.00. The van der Waals surface area contributed by atoms with Gasteiger partial charge in [-0.3, -0.25) is 11.7 Å². The first-order chi connectivity index (χ1) is 3.00. The fourth-order valence-electron chi connectivity index (χ4n) is 0. The molecule has 0 spiro atoms. The molecule has 0 heterocycles. The number of rotatable bonds is 0. The van der Waals surface area contributed by atoms with Crippen LogP contribution in [0, 0.1) is 0 Å². The molecular formula is H4F2N2O2S. The van der Waals surface area contributed by atoms with Crippen molar-refractivity contribution < 1.29 is 16.2 Å². The Morgan fingerprint density at radius 1 is 1.14 bits per heavy atom. The van der Waals surface area contributed by atoms with Gasteiger partial charge in [-0.15, -0.1) is 0 Å². The predicted octanol–water partition coefficient (Wildman–Crippen LogP) is -1.01. The van der Waals surface area contributed by atoms with Crippen LogP contribution in [0.4, 0.5) is 7.77 Å². The maximum atomic E-state index is 9.99. The van der Waals surface area contributed by atoms with Crippen molar-refractivity contribution in [1.82, 2.24) is 0 Å². The van der Waals surface area contributed by atoms with Crippen molar-refractivity contribution in [2.24, 2.45) is 11.7 Å². The third-order valence-corrected chi connectivity index (χ3v) is 0. The molecule has 0 radical (unpaired) electrons. The number of hydrazine groups is 1. The van der Waals surface area contributed by atoms with Gasteiger partial charge in [0.25, 0.3) is 0 Å². The van der Waals surface area contributed by atoms with Crippen molar-refractivity contribution in [2.45, 2.75) is 0 Å². The third-order valence-electron chi connectivity index (χ3n) is 0. The minimum atomic E-state index is -5.67. The topological polar surface area (TPSA) is 86.2 Å². The molecule has 0 bridgehead atoms. The van der Waals surface area contributed by atoms with Crippen molar-refractivity contribution >= 4 is 10.6 Å². The van der Waals surface area contributed by atoms with E-state index in [4.69, 9.17) is 8.42 Å². The van der Waals surface area contributed by atoms with E-state index in [0.717, 1.165) is 0 Å². The zero-order valence-corrected chi connectivity index (χ0v) is 3.95. The van der Waals surface area contributed by atoms with E-state index >= 15 is 0 Å². The number of hydrogen-bond donors (Lipinski definition) is 2. The Bertz CT molecular complexity index is 96.9. The first-order valence-electron chi connectivity index (χ1n) is 0.975. The Balaban J connectivity index is 0. The SMILES string of the molecule is NN.O=S(=O)(F)F. The van der Waals surface area contributed by atoms with Crippen LogP contribution in [0.2, 0.25) is 0 Å². The van der Waals surface area contributed by atoms with Crippen LogP contribution in [0.1, 0.15) is 0 Å². The van der Waals surface area contributed by atoms with Crippen molar-refractivity contribution in [3.63, 3.8) is 0 Å². The molecule has 0 rings (SSSR count). The van der Waals surface area contributed by atoms with Gasteiger partial charge in [0.15, 0.2) is 0 Å². The molecule has 0 aliphatic carbocycles. The van der Waals surface area contributed by atoms with Gasteiger partial charge in [0.1, 0.15) is 0 Å². The molecule has 0 atom stereocenters. The smallest absolute Gasteiger partial charge is 0.274 e. The molecule has 4 N–H and O–H groups in total. The van der Waals surface area contributed by atoms with Gasteiger partial charge < -0.3 is 0 Å². The van der Waals surface area contributed by atoms with Gasteiger partial charge >= 0.3 is 10.6 Å². The van der Waals surface area contributed by atoms with Crippen LogP contribution in [0.15, 0.2) is 0 Å². The Morgan fingerprint density at radius 3 is 1.14 bits per heavy atom. The first-order valence-corrected chi connectivity index (χ1v) is 2.26. The number of nitrogens with two attached hydrogens (primary N) is 2. The summed E-state index contributed by atoms with van der Waals surface area (Å²) in [5, 5.41) is 0. The maximum absolute atomic E-state index is 9.99. The third kappa shape index (κ3) is 1090. The monoisotopic (exact) mass is 134 g/mol. The molecule has 7 heteroatoms. The summed E-state index contributed by atoms with van der Waals surface area (Å²) >= 11 is 0. The van der Waals surface area contributed by atoms with E-state index in [1.54, 1.807) is 0 Å². The minimum Gasteiger partial charge on any atom is -0.274 e. The van der Waals surface area contributed by atoms with Gasteiger partial charge in [0.2, 0.25) is 0 Å². The van der Waals surface area contributed by atoms with Crippen LogP contribution < -0.4 is 11.7 Å². The fourth-order valence-corrected chi connectivity index (χ4v) is 0. The molecule has 0 fully saturated rings. The Morgan fingerprint density at radius 2 is 1.14 bits per heavy atom. The first kappa shape index (κ1) is 9.88. The van der Waals surface area contributed by atoms with Gasteiger partial charge in [-0.25, -0.2) is 0 Å². The molecule has 0 aliphatic heterocycles. The lowest BCUT2D eigenvalue weighted by molar-refractivity contribution is 0.501. The van der Waals surface area contributed by atoms with Crippen LogP contribution in [0.5, 0.6) is 0 Å².